The van der Waals surface area contributed by atoms with Gasteiger partial charge in [0.1, 0.15) is 0 Å². The molecule has 0 radical (unpaired) electrons. The maximum absolute atomic E-state index is 12.0. The van der Waals surface area contributed by atoms with Crippen LogP contribution in [0.4, 0.5) is 8.78 Å². The Morgan fingerprint density at radius 1 is 1.46 bits per heavy atom. The Bertz CT molecular complexity index is 141. The van der Waals surface area contributed by atoms with E-state index in [0.717, 1.165) is 6.54 Å². The van der Waals surface area contributed by atoms with Crippen LogP contribution in [0.3, 0.4) is 0 Å². The van der Waals surface area contributed by atoms with E-state index in [4.69, 9.17) is 0 Å². The predicted molar refractivity (Wildman–Crippen MR) is 49.1 cm³/mol. The minimum atomic E-state index is -2.26. The number of hydrogen-bond acceptors (Lipinski definition) is 2. The number of alkyl halides is 2. The lowest BCUT2D eigenvalue weighted by atomic mass is 10.3. The zero-order valence-electron chi connectivity index (χ0n) is 8.26. The largest absolute Gasteiger partial charge is 0.308 e. The third-order valence-electron chi connectivity index (χ3n) is 2.48. The molecule has 0 aromatic heterocycles. The van der Waals surface area contributed by atoms with Gasteiger partial charge in [0, 0.05) is 19.1 Å². The van der Waals surface area contributed by atoms with Crippen molar-refractivity contribution in [3.63, 3.8) is 0 Å². The Labute approximate surface area is 78.3 Å². The van der Waals surface area contributed by atoms with E-state index in [-0.39, 0.29) is 0 Å². The van der Waals surface area contributed by atoms with Crippen molar-refractivity contribution >= 4 is 0 Å². The Morgan fingerprint density at radius 2 is 2.08 bits per heavy atom. The highest BCUT2D eigenvalue weighted by molar-refractivity contribution is 4.82. The average Bonchev–Trinajstić information content (AvgIpc) is 2.85. The van der Waals surface area contributed by atoms with Crippen molar-refractivity contribution < 1.29 is 8.78 Å². The quantitative estimate of drug-likeness (QED) is 0.683. The molecule has 0 aliphatic heterocycles. The molecule has 0 aromatic rings. The minimum absolute atomic E-state index is 0.651. The smallest absolute Gasteiger partial charge is 0.253 e. The molecular weight excluding hydrogens is 174 g/mol. The van der Waals surface area contributed by atoms with E-state index < -0.39 is 12.5 Å². The molecule has 1 aliphatic carbocycles. The van der Waals surface area contributed by atoms with Crippen LogP contribution < -0.4 is 5.32 Å². The van der Waals surface area contributed by atoms with Crippen LogP contribution in [0.25, 0.3) is 0 Å². The molecule has 0 bridgehead atoms. The number of halogens is 2. The summed E-state index contributed by atoms with van der Waals surface area (Å²) in [5.41, 5.74) is 0. The zero-order chi connectivity index (χ0) is 9.84. The fourth-order valence-corrected chi connectivity index (χ4v) is 1.26. The fraction of sp³-hybridized carbons (Fsp3) is 1.00. The lowest BCUT2D eigenvalue weighted by molar-refractivity contribution is 0.105. The summed E-state index contributed by atoms with van der Waals surface area (Å²) in [5.74, 6) is 0. The van der Waals surface area contributed by atoms with Crippen LogP contribution in [0.5, 0.6) is 0 Å². The lowest BCUT2D eigenvalue weighted by Gasteiger charge is -2.18. The third kappa shape index (κ3) is 4.00. The monoisotopic (exact) mass is 192 g/mol. The first-order chi connectivity index (χ1) is 6.11. The van der Waals surface area contributed by atoms with Gasteiger partial charge in [0.2, 0.25) is 0 Å². The van der Waals surface area contributed by atoms with Crippen LogP contribution >= 0.6 is 0 Å². The summed E-state index contributed by atoms with van der Waals surface area (Å²) in [5, 5.41) is 2.80. The Hall–Kier alpha value is -0.220. The minimum Gasteiger partial charge on any atom is -0.308 e. The highest BCUT2D eigenvalue weighted by Gasteiger charge is 2.25. The van der Waals surface area contributed by atoms with Gasteiger partial charge >= 0.3 is 0 Å². The normalized spacial score (nSPS) is 19.8. The zero-order valence-corrected chi connectivity index (χ0v) is 8.26. The third-order valence-corrected chi connectivity index (χ3v) is 2.48. The topological polar surface area (TPSA) is 15.3 Å². The van der Waals surface area contributed by atoms with Crippen molar-refractivity contribution in [3.8, 4) is 0 Å². The predicted octanol–water partition coefficient (Wildman–Crippen LogP) is 1.32. The van der Waals surface area contributed by atoms with E-state index in [1.807, 2.05) is 7.05 Å². The average molecular weight is 192 g/mol. The van der Waals surface area contributed by atoms with Crippen LogP contribution in [0, 0.1) is 0 Å². The molecule has 0 aromatic carbocycles. The van der Waals surface area contributed by atoms with Crippen molar-refractivity contribution in [1.29, 1.82) is 0 Å². The standard InChI is InChI=1S/C9H18F2N2/c1-7(9(10)11)12-5-6-13(2)8-3-4-8/h7-9,12H,3-6H2,1-2H3. The van der Waals surface area contributed by atoms with Crippen molar-refractivity contribution in [2.75, 3.05) is 20.1 Å². The first-order valence-electron chi connectivity index (χ1n) is 4.83. The summed E-state index contributed by atoms with van der Waals surface area (Å²) in [6, 6.07) is 0.0243. The summed E-state index contributed by atoms with van der Waals surface area (Å²) in [6.07, 6.45) is 0.271. The molecular formula is C9H18F2N2. The van der Waals surface area contributed by atoms with E-state index in [9.17, 15) is 8.78 Å². The van der Waals surface area contributed by atoms with Crippen LogP contribution in [0.15, 0.2) is 0 Å². The van der Waals surface area contributed by atoms with E-state index in [1.165, 1.54) is 19.8 Å². The van der Waals surface area contributed by atoms with E-state index in [2.05, 4.69) is 10.2 Å². The molecule has 1 fully saturated rings. The van der Waals surface area contributed by atoms with Gasteiger partial charge in [-0.3, -0.25) is 0 Å². The molecule has 4 heteroatoms. The second kappa shape index (κ2) is 4.86. The molecule has 0 saturated heterocycles. The Morgan fingerprint density at radius 3 is 2.54 bits per heavy atom. The number of nitrogens with zero attached hydrogens (tertiary/aromatic N) is 1. The van der Waals surface area contributed by atoms with Gasteiger partial charge in [0.25, 0.3) is 6.43 Å². The summed E-state index contributed by atoms with van der Waals surface area (Å²) in [7, 11) is 2.05. The SMILES string of the molecule is CC(NCCN(C)C1CC1)C(F)F. The van der Waals surface area contributed by atoms with Gasteiger partial charge in [0.15, 0.2) is 0 Å². The second-order valence-electron chi connectivity index (χ2n) is 3.79. The van der Waals surface area contributed by atoms with Gasteiger partial charge in [-0.1, -0.05) is 0 Å². The summed E-state index contributed by atoms with van der Waals surface area (Å²) < 4.78 is 24.1. The molecule has 1 saturated carbocycles. The summed E-state index contributed by atoms with van der Waals surface area (Å²) in [6.45, 7) is 3.03. The van der Waals surface area contributed by atoms with Crippen molar-refractivity contribution in [1.82, 2.24) is 10.2 Å². The molecule has 1 aliphatic rings. The highest BCUT2D eigenvalue weighted by atomic mass is 19.3. The molecule has 1 unspecified atom stereocenters. The van der Waals surface area contributed by atoms with Gasteiger partial charge in [-0.05, 0) is 26.8 Å². The Kier molecular flexibility index (Phi) is 4.06. The molecule has 0 heterocycles. The maximum atomic E-state index is 12.0. The van der Waals surface area contributed by atoms with Crippen molar-refractivity contribution in [2.24, 2.45) is 0 Å². The number of likely N-dealkylation sites (N-methyl/N-ethyl adjacent to an activating group) is 1. The summed E-state index contributed by atoms with van der Waals surface area (Å²) in [4.78, 5) is 2.23. The van der Waals surface area contributed by atoms with Gasteiger partial charge < -0.3 is 10.2 Å². The van der Waals surface area contributed by atoms with E-state index in [1.54, 1.807) is 0 Å². The second-order valence-corrected chi connectivity index (χ2v) is 3.79. The first kappa shape index (κ1) is 10.9. The lowest BCUT2D eigenvalue weighted by Crippen LogP contribution is -2.38. The first-order valence-corrected chi connectivity index (χ1v) is 4.83. The van der Waals surface area contributed by atoms with Gasteiger partial charge in [-0.25, -0.2) is 8.78 Å². The van der Waals surface area contributed by atoms with Gasteiger partial charge in [-0.15, -0.1) is 0 Å². The molecule has 2 nitrogen and oxygen atoms in total. The van der Waals surface area contributed by atoms with Crippen LogP contribution in [-0.4, -0.2) is 43.5 Å². The molecule has 13 heavy (non-hydrogen) atoms. The van der Waals surface area contributed by atoms with E-state index >= 15 is 0 Å². The Balaban J connectivity index is 1.99. The summed E-state index contributed by atoms with van der Waals surface area (Å²) >= 11 is 0. The van der Waals surface area contributed by atoms with Crippen LogP contribution in [0.1, 0.15) is 19.8 Å². The number of hydrogen-bond donors (Lipinski definition) is 1. The number of nitrogens with one attached hydrogen (secondary N) is 1. The maximum Gasteiger partial charge on any atom is 0.253 e. The molecule has 0 spiro atoms. The van der Waals surface area contributed by atoms with E-state index in [0.29, 0.717) is 12.6 Å². The van der Waals surface area contributed by atoms with Gasteiger partial charge in [-0.2, -0.15) is 0 Å². The van der Waals surface area contributed by atoms with Crippen molar-refractivity contribution in [2.45, 2.75) is 38.3 Å². The molecule has 1 N–H and O–H groups in total. The molecule has 0 amide bonds. The highest BCUT2D eigenvalue weighted by Crippen LogP contribution is 2.24. The van der Waals surface area contributed by atoms with Gasteiger partial charge in [0.05, 0.1) is 6.04 Å². The molecule has 1 atom stereocenters. The fourth-order valence-electron chi connectivity index (χ4n) is 1.26. The molecule has 1 rings (SSSR count). The van der Waals surface area contributed by atoms with Crippen LogP contribution in [0.2, 0.25) is 0 Å². The van der Waals surface area contributed by atoms with Crippen LogP contribution in [-0.2, 0) is 0 Å². The number of rotatable bonds is 6. The van der Waals surface area contributed by atoms with Crippen molar-refractivity contribution in [3.05, 3.63) is 0 Å². The molecule has 78 valence electrons.